The van der Waals surface area contributed by atoms with Gasteiger partial charge in [-0.2, -0.15) is 0 Å². The second kappa shape index (κ2) is 15.4. The number of ether oxygens (including phenoxy) is 7. The number of anilines is 1. The molecule has 0 saturated carbocycles. The Labute approximate surface area is 273 Å². The third kappa shape index (κ3) is 7.46. The van der Waals surface area contributed by atoms with Gasteiger partial charge in [0.15, 0.2) is 40.3 Å². The molecule has 0 fully saturated rings. The van der Waals surface area contributed by atoms with E-state index in [2.05, 4.69) is 23.5 Å². The second-order valence-electron chi connectivity index (χ2n) is 10.1. The molecule has 46 heavy (non-hydrogen) atoms. The number of methoxy groups -OCH3 is 5. The van der Waals surface area contributed by atoms with E-state index in [0.29, 0.717) is 65.4 Å². The average molecular weight is 644 g/mol. The minimum absolute atomic E-state index is 0.0972. The van der Waals surface area contributed by atoms with Crippen LogP contribution in [0.1, 0.15) is 33.3 Å². The number of benzene rings is 4. The van der Waals surface area contributed by atoms with E-state index in [9.17, 15) is 4.79 Å². The lowest BCUT2D eigenvalue weighted by Gasteiger charge is -2.16. The molecule has 1 atom stereocenters. The molecular formula is C36H37NO8S. The summed E-state index contributed by atoms with van der Waals surface area (Å²) < 4.78 is 39.3. The summed E-state index contributed by atoms with van der Waals surface area (Å²) in [6.45, 7) is 0.821. The standard InChI is InChI=1S/C36H37NO8S/c1-39-28-15-12-23(11-14-27(38)25-21-32(41-3)35(43-5)33(22-25)42-4)19-30(28)44-17-8-18-45-31-20-24(13-16-29(31)40-2)36-37-26-9-6-7-10-34(26)46-36/h6-7,9-16,19-22,36-37H,8,17-18H2,1-5H3/b14-11+. The zero-order valence-electron chi connectivity index (χ0n) is 26.5. The largest absolute Gasteiger partial charge is 0.493 e. The van der Waals surface area contributed by atoms with Gasteiger partial charge in [0.25, 0.3) is 0 Å². The number of carbonyl (C=O) groups excluding carboxylic acids is 1. The summed E-state index contributed by atoms with van der Waals surface area (Å²) in [6, 6.07) is 23.0. The summed E-state index contributed by atoms with van der Waals surface area (Å²) in [5.74, 6) is 3.52. The first-order valence-corrected chi connectivity index (χ1v) is 15.5. The Hall–Kier alpha value is -4.96. The maximum Gasteiger partial charge on any atom is 0.203 e. The fourth-order valence-electron chi connectivity index (χ4n) is 4.93. The number of carbonyl (C=O) groups is 1. The van der Waals surface area contributed by atoms with Gasteiger partial charge in [-0.05, 0) is 65.7 Å². The van der Waals surface area contributed by atoms with Gasteiger partial charge in [0.1, 0.15) is 5.37 Å². The summed E-state index contributed by atoms with van der Waals surface area (Å²) in [7, 11) is 7.75. The molecule has 0 bridgehead atoms. The van der Waals surface area contributed by atoms with Crippen LogP contribution >= 0.6 is 11.8 Å². The summed E-state index contributed by atoms with van der Waals surface area (Å²) in [6.07, 6.45) is 3.83. The van der Waals surface area contributed by atoms with Crippen molar-refractivity contribution >= 4 is 29.3 Å². The number of ketones is 1. The summed E-state index contributed by atoms with van der Waals surface area (Å²) >= 11 is 1.78. The van der Waals surface area contributed by atoms with Gasteiger partial charge < -0.3 is 38.5 Å². The van der Waals surface area contributed by atoms with Gasteiger partial charge in [0.2, 0.25) is 5.75 Å². The zero-order chi connectivity index (χ0) is 32.5. The maximum absolute atomic E-state index is 13.0. The number of nitrogens with one attached hydrogen (secondary N) is 1. The van der Waals surface area contributed by atoms with E-state index >= 15 is 0 Å². The molecule has 9 nitrogen and oxygen atoms in total. The zero-order valence-corrected chi connectivity index (χ0v) is 27.3. The Balaban J connectivity index is 1.18. The molecule has 0 radical (unpaired) electrons. The highest BCUT2D eigenvalue weighted by Crippen LogP contribution is 2.47. The number of allylic oxidation sites excluding steroid dienone is 1. The molecule has 1 N–H and O–H groups in total. The highest BCUT2D eigenvalue weighted by atomic mass is 32.2. The van der Waals surface area contributed by atoms with E-state index in [1.165, 1.54) is 32.3 Å². The minimum atomic E-state index is -0.221. The van der Waals surface area contributed by atoms with Crippen molar-refractivity contribution in [2.24, 2.45) is 0 Å². The van der Waals surface area contributed by atoms with E-state index in [0.717, 1.165) is 16.8 Å². The molecule has 0 aromatic heterocycles. The van der Waals surface area contributed by atoms with Gasteiger partial charge in [0.05, 0.1) is 48.8 Å². The third-order valence-corrected chi connectivity index (χ3v) is 8.51. The van der Waals surface area contributed by atoms with E-state index in [1.807, 2.05) is 36.4 Å². The van der Waals surface area contributed by atoms with Gasteiger partial charge in [0, 0.05) is 22.6 Å². The van der Waals surface area contributed by atoms with Crippen LogP contribution in [0.15, 0.2) is 83.8 Å². The molecule has 0 spiro atoms. The van der Waals surface area contributed by atoms with Crippen LogP contribution in [0, 0.1) is 0 Å². The van der Waals surface area contributed by atoms with E-state index in [-0.39, 0.29) is 11.2 Å². The van der Waals surface area contributed by atoms with Gasteiger partial charge in [-0.3, -0.25) is 4.79 Å². The normalized spacial score (nSPS) is 13.5. The molecule has 0 aliphatic carbocycles. The number of hydrogen-bond donors (Lipinski definition) is 1. The SMILES string of the molecule is COc1ccc(/C=C/C(=O)c2cc(OC)c(OC)c(OC)c2)cc1OCCCOc1cc(C2Nc3ccccc3S2)ccc1OC. The highest BCUT2D eigenvalue weighted by molar-refractivity contribution is 8.00. The number of rotatable bonds is 15. The third-order valence-electron chi connectivity index (χ3n) is 7.28. The fraction of sp³-hybridized carbons (Fsp3) is 0.250. The number of hydrogen-bond acceptors (Lipinski definition) is 10. The highest BCUT2D eigenvalue weighted by Gasteiger charge is 2.23. The minimum Gasteiger partial charge on any atom is -0.493 e. The van der Waals surface area contributed by atoms with Gasteiger partial charge in [-0.25, -0.2) is 0 Å². The number of para-hydroxylation sites is 1. The molecule has 4 aromatic rings. The van der Waals surface area contributed by atoms with Crippen LogP contribution in [0.3, 0.4) is 0 Å². The van der Waals surface area contributed by atoms with Crippen LogP contribution in [0.4, 0.5) is 5.69 Å². The number of thioether (sulfide) groups is 1. The summed E-state index contributed by atoms with van der Waals surface area (Å²) in [5.41, 5.74) is 3.41. The Bertz CT molecular complexity index is 1660. The quantitative estimate of drug-likeness (QED) is 0.0789. The van der Waals surface area contributed by atoms with Gasteiger partial charge in [-0.15, -0.1) is 0 Å². The monoisotopic (exact) mass is 643 g/mol. The molecule has 4 aromatic carbocycles. The molecule has 1 heterocycles. The lowest BCUT2D eigenvalue weighted by molar-refractivity contribution is 0.104. The van der Waals surface area contributed by atoms with Gasteiger partial charge >= 0.3 is 0 Å². The molecule has 5 rings (SSSR count). The first-order valence-electron chi connectivity index (χ1n) is 14.6. The molecular weight excluding hydrogens is 606 g/mol. The molecule has 240 valence electrons. The first-order chi connectivity index (χ1) is 22.5. The summed E-state index contributed by atoms with van der Waals surface area (Å²) in [5, 5.41) is 3.66. The van der Waals surface area contributed by atoms with Crippen molar-refractivity contribution in [2.75, 3.05) is 54.1 Å². The smallest absolute Gasteiger partial charge is 0.203 e. The lowest BCUT2D eigenvalue weighted by atomic mass is 10.1. The molecule has 1 aliphatic heterocycles. The maximum atomic E-state index is 13.0. The molecule has 0 saturated heterocycles. The summed E-state index contributed by atoms with van der Waals surface area (Å²) in [4.78, 5) is 14.2. The van der Waals surface area contributed by atoms with Crippen molar-refractivity contribution in [1.29, 1.82) is 0 Å². The van der Waals surface area contributed by atoms with Crippen LogP contribution in [-0.4, -0.2) is 54.5 Å². The first kappa shape index (κ1) is 32.4. The second-order valence-corrected chi connectivity index (χ2v) is 11.3. The van der Waals surface area contributed by atoms with Crippen molar-refractivity contribution in [2.45, 2.75) is 16.7 Å². The molecule has 1 unspecified atom stereocenters. The molecule has 1 aliphatic rings. The van der Waals surface area contributed by atoms with E-state index in [1.54, 1.807) is 50.3 Å². The fourth-order valence-corrected chi connectivity index (χ4v) is 6.06. The Kier molecular flexibility index (Phi) is 10.8. The average Bonchev–Trinajstić information content (AvgIpc) is 3.54. The molecule has 10 heteroatoms. The Morgan fingerprint density at radius 3 is 1.98 bits per heavy atom. The van der Waals surface area contributed by atoms with Crippen molar-refractivity contribution in [1.82, 2.24) is 0 Å². The lowest BCUT2D eigenvalue weighted by Crippen LogP contribution is -2.07. The van der Waals surface area contributed by atoms with Crippen LogP contribution < -0.4 is 38.5 Å². The Morgan fingerprint density at radius 2 is 1.35 bits per heavy atom. The predicted molar refractivity (Wildman–Crippen MR) is 180 cm³/mol. The van der Waals surface area contributed by atoms with Crippen LogP contribution in [0.5, 0.6) is 40.2 Å². The Morgan fingerprint density at radius 1 is 0.717 bits per heavy atom. The topological polar surface area (TPSA) is 93.7 Å². The van der Waals surface area contributed by atoms with Crippen molar-refractivity contribution in [3.05, 3.63) is 95.6 Å². The van der Waals surface area contributed by atoms with Crippen molar-refractivity contribution in [3.8, 4) is 40.2 Å². The van der Waals surface area contributed by atoms with Crippen LogP contribution in [0.25, 0.3) is 6.08 Å². The van der Waals surface area contributed by atoms with Crippen LogP contribution in [0.2, 0.25) is 0 Å². The molecule has 0 amide bonds. The van der Waals surface area contributed by atoms with E-state index < -0.39 is 0 Å². The van der Waals surface area contributed by atoms with Gasteiger partial charge in [-0.1, -0.05) is 42.1 Å². The van der Waals surface area contributed by atoms with E-state index in [4.69, 9.17) is 33.2 Å². The predicted octanol–water partition coefficient (Wildman–Crippen LogP) is 7.69. The van der Waals surface area contributed by atoms with Crippen molar-refractivity contribution in [3.63, 3.8) is 0 Å². The van der Waals surface area contributed by atoms with Crippen molar-refractivity contribution < 1.29 is 38.0 Å². The number of fused-ring (bicyclic) bond motifs is 1. The van der Waals surface area contributed by atoms with Crippen LogP contribution in [-0.2, 0) is 0 Å².